The Balaban J connectivity index is 1.48. The molecule has 0 saturated carbocycles. The van der Waals surface area contributed by atoms with Gasteiger partial charge in [0.05, 0.1) is 13.2 Å². The number of fused-ring (bicyclic) bond motifs is 3. The average Bonchev–Trinajstić information content (AvgIpc) is 3.36. The number of nitrogens with two attached hydrogens (primary N) is 2. The van der Waals surface area contributed by atoms with Gasteiger partial charge in [0, 0.05) is 11.8 Å². The molecule has 0 spiro atoms. The van der Waals surface area contributed by atoms with Crippen molar-refractivity contribution in [3.63, 3.8) is 0 Å². The van der Waals surface area contributed by atoms with Gasteiger partial charge in [-0.1, -0.05) is 60.7 Å². The van der Waals surface area contributed by atoms with E-state index in [4.69, 9.17) is 20.9 Å². The fraction of sp³-hybridized carbons (Fsp3) is 0.273. The molecule has 4 aromatic carbocycles. The average molecular weight is 653 g/mol. The van der Waals surface area contributed by atoms with E-state index in [0.717, 1.165) is 11.1 Å². The lowest BCUT2D eigenvalue weighted by Crippen LogP contribution is -2.16. The van der Waals surface area contributed by atoms with E-state index in [0.29, 0.717) is 54.6 Å². The van der Waals surface area contributed by atoms with Crippen LogP contribution in [0, 0.1) is 0 Å². The molecule has 0 saturated heterocycles. The van der Waals surface area contributed by atoms with E-state index in [2.05, 4.69) is 0 Å². The molecule has 0 aromatic heterocycles. The maximum absolute atomic E-state index is 12.5. The summed E-state index contributed by atoms with van der Waals surface area (Å²) in [6, 6.07) is 24.8. The van der Waals surface area contributed by atoms with Crippen LogP contribution in [-0.4, -0.2) is 52.2 Å². The second-order valence-corrected chi connectivity index (χ2v) is 13.8. The topological polar surface area (TPSA) is 179 Å². The van der Waals surface area contributed by atoms with Crippen molar-refractivity contribution in [1.82, 2.24) is 0 Å². The highest BCUT2D eigenvalue weighted by Crippen LogP contribution is 2.45. The van der Waals surface area contributed by atoms with Crippen molar-refractivity contribution in [2.75, 3.05) is 26.3 Å². The van der Waals surface area contributed by atoms with Crippen molar-refractivity contribution in [2.24, 2.45) is 11.5 Å². The van der Waals surface area contributed by atoms with Gasteiger partial charge in [-0.05, 0) is 90.0 Å². The lowest BCUT2D eigenvalue weighted by atomic mass is 9.96. The summed E-state index contributed by atoms with van der Waals surface area (Å²) >= 11 is 0. The fourth-order valence-electron chi connectivity index (χ4n) is 5.76. The fourth-order valence-corrected chi connectivity index (χ4v) is 7.04. The summed E-state index contributed by atoms with van der Waals surface area (Å²) in [5.74, 6) is -0.291. The molecule has 0 radical (unpaired) electrons. The smallest absolute Gasteiger partial charge is 0.298 e. The molecule has 10 nitrogen and oxygen atoms in total. The Morgan fingerprint density at radius 3 is 1.33 bits per heavy atom. The van der Waals surface area contributed by atoms with Crippen LogP contribution in [0.5, 0.6) is 11.5 Å². The van der Waals surface area contributed by atoms with Crippen LogP contribution in [0.1, 0.15) is 46.9 Å². The zero-order valence-electron chi connectivity index (χ0n) is 24.5. The van der Waals surface area contributed by atoms with Crippen LogP contribution in [0.2, 0.25) is 0 Å². The second-order valence-electron chi connectivity index (χ2n) is 11.0. The van der Waals surface area contributed by atoms with Gasteiger partial charge in [0.2, 0.25) is 0 Å². The Bertz CT molecular complexity index is 1730. The molecule has 238 valence electrons. The lowest BCUT2D eigenvalue weighted by molar-refractivity contribution is 0.275. The molecule has 12 heteroatoms. The van der Waals surface area contributed by atoms with Crippen molar-refractivity contribution < 1.29 is 35.4 Å². The summed E-state index contributed by atoms with van der Waals surface area (Å²) in [5, 5.41) is 0. The minimum atomic E-state index is -4.73. The van der Waals surface area contributed by atoms with Gasteiger partial charge in [-0.25, -0.2) is 0 Å². The summed E-state index contributed by atoms with van der Waals surface area (Å²) in [7, 11) is -9.46. The first-order valence-electron chi connectivity index (χ1n) is 14.5. The Hall–Kier alpha value is -3.78. The number of benzene rings is 4. The Kier molecular flexibility index (Phi) is 9.92. The predicted octanol–water partition coefficient (Wildman–Crippen LogP) is 4.77. The first kappa shape index (κ1) is 32.6. The second kappa shape index (κ2) is 13.7. The van der Waals surface area contributed by atoms with Crippen LogP contribution in [0.15, 0.2) is 94.7 Å². The van der Waals surface area contributed by atoms with Gasteiger partial charge in [-0.3, -0.25) is 9.11 Å². The van der Waals surface area contributed by atoms with Crippen LogP contribution < -0.4 is 20.9 Å². The maximum Gasteiger partial charge on any atom is 0.298 e. The molecule has 1 aliphatic carbocycles. The summed E-state index contributed by atoms with van der Waals surface area (Å²) in [6.45, 7) is 1.02. The molecule has 6 N–H and O–H groups in total. The normalized spacial score (nSPS) is 14.0. The quantitative estimate of drug-likeness (QED) is 0.122. The van der Waals surface area contributed by atoms with E-state index < -0.39 is 30.0 Å². The third-order valence-corrected chi connectivity index (χ3v) is 9.77. The van der Waals surface area contributed by atoms with E-state index in [1.165, 1.54) is 12.1 Å². The molecule has 2 unspecified atom stereocenters. The molecule has 4 aromatic rings. The largest absolute Gasteiger partial charge is 0.491 e. The first-order chi connectivity index (χ1) is 21.5. The van der Waals surface area contributed by atoms with Crippen LogP contribution >= 0.6 is 0 Å². The Morgan fingerprint density at radius 2 is 1.00 bits per heavy atom. The van der Waals surface area contributed by atoms with E-state index in [1.54, 1.807) is 12.1 Å². The summed E-state index contributed by atoms with van der Waals surface area (Å²) in [6.07, 6.45) is 1.50. The highest BCUT2D eigenvalue weighted by molar-refractivity contribution is 7.86. The molecule has 5 rings (SSSR count). The number of rotatable bonds is 14. The third kappa shape index (κ3) is 7.55. The van der Waals surface area contributed by atoms with Gasteiger partial charge in [-0.2, -0.15) is 16.8 Å². The zero-order chi connectivity index (χ0) is 32.2. The van der Waals surface area contributed by atoms with E-state index in [9.17, 15) is 25.9 Å². The van der Waals surface area contributed by atoms with E-state index in [1.807, 2.05) is 60.7 Å². The first-order valence-corrected chi connectivity index (χ1v) is 17.4. The third-order valence-electron chi connectivity index (χ3n) is 8.02. The lowest BCUT2D eigenvalue weighted by Gasteiger charge is -2.19. The summed E-state index contributed by atoms with van der Waals surface area (Å²) < 4.78 is 82.3. The van der Waals surface area contributed by atoms with E-state index in [-0.39, 0.29) is 36.5 Å². The zero-order valence-corrected chi connectivity index (χ0v) is 26.1. The molecule has 0 amide bonds. The van der Waals surface area contributed by atoms with Gasteiger partial charge in [0.25, 0.3) is 20.2 Å². The van der Waals surface area contributed by atoms with E-state index >= 15 is 0 Å². The summed E-state index contributed by atoms with van der Waals surface area (Å²) in [4.78, 5) is -0.898. The molecule has 0 aliphatic heterocycles. The van der Waals surface area contributed by atoms with Gasteiger partial charge >= 0.3 is 0 Å². The van der Waals surface area contributed by atoms with Crippen LogP contribution in [0.25, 0.3) is 11.1 Å². The molecule has 45 heavy (non-hydrogen) atoms. The molecule has 1 aliphatic rings. The van der Waals surface area contributed by atoms with Crippen molar-refractivity contribution >= 4 is 20.2 Å². The van der Waals surface area contributed by atoms with Crippen LogP contribution in [0.3, 0.4) is 0 Å². The standard InChI is InChI=1S/C33H36N2O8S2/c34-13-11-24(22-7-3-1-4-8-22)20-42-30-16-26-15-27-17-31(43-21-25(12-14-35)23-9-5-2-6-10-23)33(45(39,40)41)19-29(27)28(26)18-32(30)44(36,37)38/h1-10,16-19,24-25H,11-15,20-21,34-35H2,(H,36,37,38)(H,39,40,41). The SMILES string of the molecule is NCCC(COc1cc2c(cc1S(=O)(=O)O)-c1cc(S(=O)(=O)O)c(OCC(CCN)c3ccccc3)cc1C2)c1ccccc1. The monoisotopic (exact) mass is 652 g/mol. The van der Waals surface area contributed by atoms with Gasteiger partial charge in [0.15, 0.2) is 0 Å². The van der Waals surface area contributed by atoms with Crippen LogP contribution in [-0.2, 0) is 26.7 Å². The minimum absolute atomic E-state index is 0.0269. The number of hydrogen-bond acceptors (Lipinski definition) is 8. The molecular formula is C33H36N2O8S2. The molecule has 0 heterocycles. The number of hydrogen-bond donors (Lipinski definition) is 4. The summed E-state index contributed by atoms with van der Waals surface area (Å²) in [5.41, 5.74) is 15.7. The number of ether oxygens (including phenoxy) is 2. The molecular weight excluding hydrogens is 617 g/mol. The van der Waals surface area contributed by atoms with Gasteiger partial charge in [0.1, 0.15) is 21.3 Å². The Labute approximate surface area is 263 Å². The molecule has 2 atom stereocenters. The van der Waals surface area contributed by atoms with Crippen molar-refractivity contribution in [2.45, 2.75) is 40.9 Å². The van der Waals surface area contributed by atoms with Crippen LogP contribution in [0.4, 0.5) is 0 Å². The van der Waals surface area contributed by atoms with Crippen molar-refractivity contribution in [3.8, 4) is 22.6 Å². The van der Waals surface area contributed by atoms with Crippen molar-refractivity contribution in [1.29, 1.82) is 0 Å². The van der Waals surface area contributed by atoms with Gasteiger partial charge < -0.3 is 20.9 Å². The van der Waals surface area contributed by atoms with Gasteiger partial charge in [-0.15, -0.1) is 0 Å². The van der Waals surface area contributed by atoms with Crippen molar-refractivity contribution in [3.05, 3.63) is 107 Å². The molecule has 0 fully saturated rings. The minimum Gasteiger partial charge on any atom is -0.491 e. The highest BCUT2D eigenvalue weighted by atomic mass is 32.2. The maximum atomic E-state index is 12.5. The molecule has 0 bridgehead atoms. The predicted molar refractivity (Wildman–Crippen MR) is 171 cm³/mol. The highest BCUT2D eigenvalue weighted by Gasteiger charge is 2.30. The Morgan fingerprint density at radius 1 is 0.622 bits per heavy atom.